The van der Waals surface area contributed by atoms with Crippen molar-refractivity contribution < 1.29 is 4.42 Å². The van der Waals surface area contributed by atoms with Crippen molar-refractivity contribution in [3.05, 3.63) is 267 Å². The van der Waals surface area contributed by atoms with Crippen LogP contribution >= 0.6 is 0 Å². The van der Waals surface area contributed by atoms with Crippen LogP contribution in [0.4, 0.5) is 34.1 Å². The fourth-order valence-electron chi connectivity index (χ4n) is 9.67. The molecule has 0 radical (unpaired) electrons. The lowest BCUT2D eigenvalue weighted by Gasteiger charge is -2.32. The quantitative estimate of drug-likeness (QED) is 0.137. The van der Waals surface area contributed by atoms with E-state index in [4.69, 9.17) is 4.42 Å². The van der Waals surface area contributed by atoms with Crippen molar-refractivity contribution in [2.75, 3.05) is 9.80 Å². The van der Waals surface area contributed by atoms with E-state index < -0.39 is 0 Å². The minimum absolute atomic E-state index is 0.796. The zero-order chi connectivity index (χ0) is 44.5. The van der Waals surface area contributed by atoms with Crippen LogP contribution in [0.15, 0.2) is 271 Å². The average molecular weight is 857 g/mol. The molecule has 0 atom stereocenters. The van der Waals surface area contributed by atoms with Crippen molar-refractivity contribution in [3.63, 3.8) is 0 Å². The van der Waals surface area contributed by atoms with Gasteiger partial charge in [0.15, 0.2) is 0 Å². The molecule has 1 aromatic heterocycles. The molecule has 0 amide bonds. The summed E-state index contributed by atoms with van der Waals surface area (Å²) in [6.45, 7) is 0. The Bertz CT molecular complexity index is 3660. The van der Waals surface area contributed by atoms with Crippen LogP contribution in [-0.2, 0) is 0 Å². The number of anilines is 6. The molecule has 0 saturated heterocycles. The molecule has 0 aliphatic rings. The Morgan fingerprint density at radius 3 is 1.25 bits per heavy atom. The maximum Gasteiger partial charge on any atom is 0.143 e. The molecule has 11 aromatic carbocycles. The molecule has 0 saturated carbocycles. The second-order valence-corrected chi connectivity index (χ2v) is 16.9. The molecule has 0 N–H and O–H groups in total. The lowest BCUT2D eigenvalue weighted by Crippen LogP contribution is -2.15. The Balaban J connectivity index is 1.17. The molecular weight excluding hydrogens is 813 g/mol. The van der Waals surface area contributed by atoms with E-state index >= 15 is 0 Å². The van der Waals surface area contributed by atoms with E-state index in [0.29, 0.717) is 0 Å². The van der Waals surface area contributed by atoms with Gasteiger partial charge in [0.25, 0.3) is 0 Å². The summed E-state index contributed by atoms with van der Waals surface area (Å²) in [5.41, 5.74) is 17.0. The van der Waals surface area contributed by atoms with E-state index in [1.807, 2.05) is 0 Å². The highest BCUT2D eigenvalue weighted by molar-refractivity contribution is 6.21. The number of hydrogen-bond acceptors (Lipinski definition) is 3. The average Bonchev–Trinajstić information content (AvgIpc) is 3.80. The van der Waals surface area contributed by atoms with Gasteiger partial charge in [0, 0.05) is 39.3 Å². The van der Waals surface area contributed by atoms with Crippen LogP contribution in [0.2, 0.25) is 0 Å². The summed E-state index contributed by atoms with van der Waals surface area (Å²) in [6, 6.07) is 95.5. The number of rotatable bonds is 10. The molecule has 3 nitrogen and oxygen atoms in total. The van der Waals surface area contributed by atoms with Crippen LogP contribution in [0.3, 0.4) is 0 Å². The van der Waals surface area contributed by atoms with Crippen LogP contribution in [0, 0.1) is 0 Å². The monoisotopic (exact) mass is 856 g/mol. The number of para-hydroxylation sites is 2. The van der Waals surface area contributed by atoms with Crippen LogP contribution in [0.5, 0.6) is 0 Å². The van der Waals surface area contributed by atoms with Gasteiger partial charge in [-0.2, -0.15) is 0 Å². The van der Waals surface area contributed by atoms with Crippen molar-refractivity contribution in [1.82, 2.24) is 0 Å². The molecular formula is C64H44N2O. The van der Waals surface area contributed by atoms with Crippen LogP contribution in [0.25, 0.3) is 77.2 Å². The topological polar surface area (TPSA) is 19.6 Å². The number of benzene rings is 11. The first-order valence-corrected chi connectivity index (χ1v) is 22.8. The molecule has 1 heterocycles. The van der Waals surface area contributed by atoms with E-state index in [-0.39, 0.29) is 0 Å². The van der Waals surface area contributed by atoms with Crippen molar-refractivity contribution in [2.24, 2.45) is 0 Å². The standard InChI is InChI=1S/C64H44N2O/c1-5-19-45(20-6-1)47-33-38-52(39-34-47)65(59-31-17-15-28-55(59)49-23-9-3-10-24-49)54-43-61(63-58-42-37-51-27-13-14-30-57(51)64(58)67-62(63)44-54)66(53-40-35-48(36-41-53)46-21-7-2-8-22-46)60-32-18-16-29-56(60)50-25-11-4-12-26-50/h1-44H. The lowest BCUT2D eigenvalue weighted by molar-refractivity contribution is 0.673. The van der Waals surface area contributed by atoms with E-state index in [2.05, 4.69) is 277 Å². The van der Waals surface area contributed by atoms with Gasteiger partial charge in [-0.25, -0.2) is 0 Å². The number of furan rings is 1. The lowest BCUT2D eigenvalue weighted by atomic mass is 9.98. The number of hydrogen-bond donors (Lipinski definition) is 0. The third-order valence-corrected chi connectivity index (χ3v) is 12.9. The minimum Gasteiger partial charge on any atom is -0.455 e. The molecule has 12 rings (SSSR count). The Hall–Kier alpha value is -8.92. The van der Waals surface area contributed by atoms with Crippen LogP contribution in [0.1, 0.15) is 0 Å². The first-order valence-electron chi connectivity index (χ1n) is 22.8. The normalized spacial score (nSPS) is 11.3. The second-order valence-electron chi connectivity index (χ2n) is 16.9. The highest BCUT2D eigenvalue weighted by Crippen LogP contribution is 2.51. The van der Waals surface area contributed by atoms with Crippen molar-refractivity contribution >= 4 is 66.8 Å². The van der Waals surface area contributed by atoms with Crippen molar-refractivity contribution in [2.45, 2.75) is 0 Å². The molecule has 0 bridgehead atoms. The molecule has 316 valence electrons. The van der Waals surface area contributed by atoms with E-state index in [1.54, 1.807) is 0 Å². The van der Waals surface area contributed by atoms with Gasteiger partial charge in [0.1, 0.15) is 11.2 Å². The predicted octanol–water partition coefficient (Wildman–Crippen LogP) is 18.3. The van der Waals surface area contributed by atoms with E-state index in [9.17, 15) is 0 Å². The van der Waals surface area contributed by atoms with Gasteiger partial charge in [0.2, 0.25) is 0 Å². The van der Waals surface area contributed by atoms with Gasteiger partial charge >= 0.3 is 0 Å². The highest BCUT2D eigenvalue weighted by atomic mass is 16.3. The number of fused-ring (bicyclic) bond motifs is 5. The Morgan fingerprint density at radius 1 is 0.269 bits per heavy atom. The maximum atomic E-state index is 7.22. The van der Waals surface area contributed by atoms with Gasteiger partial charge < -0.3 is 14.2 Å². The minimum atomic E-state index is 0.796. The van der Waals surface area contributed by atoms with Crippen molar-refractivity contribution in [3.8, 4) is 44.5 Å². The summed E-state index contributed by atoms with van der Waals surface area (Å²) < 4.78 is 7.22. The zero-order valence-corrected chi connectivity index (χ0v) is 36.7. The highest BCUT2D eigenvalue weighted by Gasteiger charge is 2.27. The molecule has 3 heteroatoms. The summed E-state index contributed by atoms with van der Waals surface area (Å²) in [4.78, 5) is 4.83. The zero-order valence-electron chi connectivity index (χ0n) is 36.7. The molecule has 12 aromatic rings. The van der Waals surface area contributed by atoms with E-state index in [0.717, 1.165) is 100 Å². The first-order chi connectivity index (χ1) is 33.2. The van der Waals surface area contributed by atoms with Gasteiger partial charge in [-0.05, 0) is 87.3 Å². The summed E-state index contributed by atoms with van der Waals surface area (Å²) in [6.07, 6.45) is 0. The molecule has 0 aliphatic heterocycles. The smallest absolute Gasteiger partial charge is 0.143 e. The van der Waals surface area contributed by atoms with Crippen molar-refractivity contribution in [1.29, 1.82) is 0 Å². The van der Waals surface area contributed by atoms with Gasteiger partial charge in [0.05, 0.1) is 28.1 Å². The molecule has 0 unspecified atom stereocenters. The van der Waals surface area contributed by atoms with Gasteiger partial charge in [-0.15, -0.1) is 0 Å². The fraction of sp³-hybridized carbons (Fsp3) is 0. The Kier molecular flexibility index (Phi) is 10.2. The third kappa shape index (κ3) is 7.39. The van der Waals surface area contributed by atoms with Gasteiger partial charge in [-0.1, -0.05) is 212 Å². The Morgan fingerprint density at radius 2 is 0.701 bits per heavy atom. The largest absolute Gasteiger partial charge is 0.455 e. The molecule has 0 spiro atoms. The Labute approximate surface area is 390 Å². The predicted molar refractivity (Wildman–Crippen MR) is 282 cm³/mol. The fourth-order valence-corrected chi connectivity index (χ4v) is 9.67. The number of nitrogens with zero attached hydrogens (tertiary/aromatic N) is 2. The summed E-state index contributed by atoms with van der Waals surface area (Å²) in [5.74, 6) is 0. The summed E-state index contributed by atoms with van der Waals surface area (Å²) in [5, 5.41) is 4.31. The molecule has 0 aliphatic carbocycles. The molecule has 0 fully saturated rings. The SMILES string of the molecule is c1ccc(-c2ccc(N(c3cc(N(c4ccc(-c5ccccc5)cc4)c4ccccc4-c4ccccc4)c4c(c3)oc3c5ccccc5ccc34)c3ccccc3-c3ccccc3)cc2)cc1. The summed E-state index contributed by atoms with van der Waals surface area (Å²) >= 11 is 0. The van der Waals surface area contributed by atoms with Gasteiger partial charge in [-0.3, -0.25) is 0 Å². The molecule has 67 heavy (non-hydrogen) atoms. The van der Waals surface area contributed by atoms with E-state index in [1.165, 1.54) is 11.1 Å². The maximum absolute atomic E-state index is 7.22. The van der Waals surface area contributed by atoms with Crippen LogP contribution in [-0.4, -0.2) is 0 Å². The third-order valence-electron chi connectivity index (χ3n) is 12.9. The first kappa shape index (κ1) is 39.7. The van der Waals surface area contributed by atoms with Crippen LogP contribution < -0.4 is 9.80 Å². The second kappa shape index (κ2) is 17.2. The summed E-state index contributed by atoms with van der Waals surface area (Å²) in [7, 11) is 0.